The summed E-state index contributed by atoms with van der Waals surface area (Å²) in [5.41, 5.74) is 1.36. The van der Waals surface area contributed by atoms with Crippen LogP contribution in [-0.2, 0) is 11.2 Å². The molecule has 2 unspecified atom stereocenters. The highest BCUT2D eigenvalue weighted by Gasteiger charge is 2.56. The molecule has 2 fully saturated rings. The minimum Gasteiger partial charge on any atom is -0.392 e. The van der Waals surface area contributed by atoms with Crippen molar-refractivity contribution in [2.24, 2.45) is 5.41 Å². The van der Waals surface area contributed by atoms with Crippen molar-refractivity contribution in [3.63, 3.8) is 0 Å². The number of piperidine rings is 1. The summed E-state index contributed by atoms with van der Waals surface area (Å²) in [7, 11) is 0. The number of aromatic amines is 1. The van der Waals surface area contributed by atoms with E-state index in [9.17, 15) is 9.90 Å². The Morgan fingerprint density at radius 2 is 2.22 bits per heavy atom. The molecule has 23 heavy (non-hydrogen) atoms. The van der Waals surface area contributed by atoms with E-state index in [4.69, 9.17) is 4.74 Å². The van der Waals surface area contributed by atoms with Gasteiger partial charge in [0.05, 0.1) is 12.2 Å². The average Bonchev–Trinajstić information content (AvgIpc) is 3.03. The average molecular weight is 321 g/mol. The number of nitrogens with zero attached hydrogens (tertiary/aromatic N) is 2. The van der Waals surface area contributed by atoms with Crippen molar-refractivity contribution in [2.75, 3.05) is 19.7 Å². The Morgan fingerprint density at radius 1 is 1.48 bits per heavy atom. The highest BCUT2D eigenvalue weighted by Crippen LogP contribution is 2.51. The van der Waals surface area contributed by atoms with Crippen LogP contribution >= 0.6 is 0 Å². The normalized spacial score (nSPS) is 26.3. The van der Waals surface area contributed by atoms with Crippen LogP contribution in [0.25, 0.3) is 0 Å². The van der Waals surface area contributed by atoms with Crippen molar-refractivity contribution < 1.29 is 14.6 Å². The van der Waals surface area contributed by atoms with Crippen LogP contribution in [0.3, 0.4) is 0 Å². The summed E-state index contributed by atoms with van der Waals surface area (Å²) in [6.45, 7) is 6.09. The Kier molecular flexibility index (Phi) is 4.73. The number of aromatic nitrogens is 2. The lowest BCUT2D eigenvalue weighted by molar-refractivity contribution is -0.207. The number of aryl methyl sites for hydroxylation is 1. The molecule has 3 rings (SSSR count). The SMILES string of the molecule is CCCc1cc(C(=O)N2CCC3(CC2)C(O)CC3OCC)n[nH]1. The molecule has 2 aliphatic rings. The number of hydrogen-bond acceptors (Lipinski definition) is 4. The zero-order valence-corrected chi connectivity index (χ0v) is 14.0. The second-order valence-electron chi connectivity index (χ2n) is 6.75. The molecule has 2 N–H and O–H groups in total. The van der Waals surface area contributed by atoms with Gasteiger partial charge < -0.3 is 14.7 Å². The Morgan fingerprint density at radius 3 is 2.83 bits per heavy atom. The lowest BCUT2D eigenvalue weighted by Gasteiger charge is -2.56. The second kappa shape index (κ2) is 6.61. The maximum atomic E-state index is 12.6. The zero-order valence-electron chi connectivity index (χ0n) is 14.0. The highest BCUT2D eigenvalue weighted by molar-refractivity contribution is 5.92. The molecule has 0 bridgehead atoms. The molecule has 2 atom stereocenters. The van der Waals surface area contributed by atoms with Gasteiger partial charge in [0.25, 0.3) is 5.91 Å². The third-order valence-corrected chi connectivity index (χ3v) is 5.46. The molecule has 1 saturated heterocycles. The summed E-state index contributed by atoms with van der Waals surface area (Å²) in [5, 5.41) is 17.3. The van der Waals surface area contributed by atoms with Gasteiger partial charge in [-0.25, -0.2) is 0 Å². The Hall–Kier alpha value is -1.40. The number of ether oxygens (including phenoxy) is 1. The van der Waals surface area contributed by atoms with E-state index in [-0.39, 0.29) is 23.5 Å². The second-order valence-corrected chi connectivity index (χ2v) is 6.75. The van der Waals surface area contributed by atoms with E-state index in [1.807, 2.05) is 17.9 Å². The van der Waals surface area contributed by atoms with E-state index in [2.05, 4.69) is 17.1 Å². The maximum Gasteiger partial charge on any atom is 0.274 e. The molecule has 128 valence electrons. The van der Waals surface area contributed by atoms with Crippen LogP contribution in [0.2, 0.25) is 0 Å². The van der Waals surface area contributed by atoms with Crippen LogP contribution in [0, 0.1) is 5.41 Å². The molecule has 6 nitrogen and oxygen atoms in total. The first kappa shape index (κ1) is 16.5. The summed E-state index contributed by atoms with van der Waals surface area (Å²) >= 11 is 0. The molecular weight excluding hydrogens is 294 g/mol. The fourth-order valence-electron chi connectivity index (χ4n) is 3.97. The maximum absolute atomic E-state index is 12.6. The molecule has 1 aromatic rings. The van der Waals surface area contributed by atoms with Gasteiger partial charge in [0.2, 0.25) is 0 Å². The van der Waals surface area contributed by atoms with Gasteiger partial charge in [-0.15, -0.1) is 0 Å². The fraction of sp³-hybridized carbons (Fsp3) is 0.765. The Bertz CT molecular complexity index is 547. The quantitative estimate of drug-likeness (QED) is 0.866. The number of hydrogen-bond donors (Lipinski definition) is 2. The number of amides is 1. The Labute approximate surface area is 137 Å². The molecular formula is C17H27N3O3. The smallest absolute Gasteiger partial charge is 0.274 e. The molecule has 2 heterocycles. The first-order valence-corrected chi connectivity index (χ1v) is 8.74. The van der Waals surface area contributed by atoms with Gasteiger partial charge in [0.1, 0.15) is 5.69 Å². The molecule has 1 spiro atoms. The van der Waals surface area contributed by atoms with Crippen molar-refractivity contribution in [3.8, 4) is 0 Å². The number of aliphatic hydroxyl groups excluding tert-OH is 1. The fourth-order valence-corrected chi connectivity index (χ4v) is 3.97. The predicted molar refractivity (Wildman–Crippen MR) is 86.2 cm³/mol. The number of likely N-dealkylation sites (tertiary alicyclic amines) is 1. The summed E-state index contributed by atoms with van der Waals surface area (Å²) < 4.78 is 5.77. The van der Waals surface area contributed by atoms with Crippen LogP contribution in [0.4, 0.5) is 0 Å². The number of carbonyl (C=O) groups excluding carboxylic acids is 1. The van der Waals surface area contributed by atoms with E-state index in [1.54, 1.807) is 0 Å². The summed E-state index contributed by atoms with van der Waals surface area (Å²) in [5.74, 6) is -0.0137. The van der Waals surface area contributed by atoms with Gasteiger partial charge in [-0.1, -0.05) is 13.3 Å². The first-order valence-electron chi connectivity index (χ1n) is 8.74. The van der Waals surface area contributed by atoms with Gasteiger partial charge >= 0.3 is 0 Å². The first-order chi connectivity index (χ1) is 11.1. The Balaban J connectivity index is 1.60. The van der Waals surface area contributed by atoms with E-state index >= 15 is 0 Å². The van der Waals surface area contributed by atoms with Crippen LogP contribution in [0.1, 0.15) is 55.7 Å². The molecule has 0 radical (unpaired) electrons. The minimum atomic E-state index is -0.294. The van der Waals surface area contributed by atoms with Gasteiger partial charge in [-0.05, 0) is 32.3 Å². The summed E-state index contributed by atoms with van der Waals surface area (Å²) in [6.07, 6.45) is 4.11. The molecule has 1 aromatic heterocycles. The van der Waals surface area contributed by atoms with Gasteiger partial charge in [-0.2, -0.15) is 5.10 Å². The predicted octanol–water partition coefficient (Wildman–Crippen LogP) is 1.75. The minimum absolute atomic E-state index is 0.0137. The van der Waals surface area contributed by atoms with Crippen LogP contribution in [-0.4, -0.2) is 58.0 Å². The van der Waals surface area contributed by atoms with Gasteiger partial charge in [0.15, 0.2) is 0 Å². The van der Waals surface area contributed by atoms with Gasteiger partial charge in [-0.3, -0.25) is 9.89 Å². The van der Waals surface area contributed by atoms with E-state index in [0.29, 0.717) is 25.4 Å². The topological polar surface area (TPSA) is 78.5 Å². The van der Waals surface area contributed by atoms with Crippen LogP contribution < -0.4 is 0 Å². The number of H-pyrrole nitrogens is 1. The van der Waals surface area contributed by atoms with Crippen LogP contribution in [0.5, 0.6) is 0 Å². The lowest BCUT2D eigenvalue weighted by Crippen LogP contribution is -2.62. The molecule has 1 aliphatic heterocycles. The third-order valence-electron chi connectivity index (χ3n) is 5.46. The number of nitrogens with one attached hydrogen (secondary N) is 1. The lowest BCUT2D eigenvalue weighted by atomic mass is 9.58. The van der Waals surface area contributed by atoms with Crippen molar-refractivity contribution in [2.45, 2.75) is 58.2 Å². The van der Waals surface area contributed by atoms with E-state index in [0.717, 1.165) is 37.8 Å². The highest BCUT2D eigenvalue weighted by atomic mass is 16.5. The van der Waals surface area contributed by atoms with Crippen molar-refractivity contribution >= 4 is 5.91 Å². The summed E-state index contributed by atoms with van der Waals surface area (Å²) in [4.78, 5) is 14.4. The molecule has 1 amide bonds. The third kappa shape index (κ3) is 2.90. The molecule has 0 aromatic carbocycles. The largest absolute Gasteiger partial charge is 0.392 e. The van der Waals surface area contributed by atoms with Crippen molar-refractivity contribution in [1.82, 2.24) is 15.1 Å². The number of aliphatic hydroxyl groups is 1. The number of rotatable bonds is 5. The molecule has 1 saturated carbocycles. The standard InChI is InChI=1S/C17H27N3O3/c1-3-5-12-10-13(19-18-12)16(22)20-8-6-17(7-9-20)14(21)11-15(17)23-4-2/h10,14-15,21H,3-9,11H2,1-2H3,(H,18,19). The van der Waals surface area contributed by atoms with E-state index in [1.165, 1.54) is 0 Å². The van der Waals surface area contributed by atoms with Crippen molar-refractivity contribution in [3.05, 3.63) is 17.5 Å². The van der Waals surface area contributed by atoms with Crippen LogP contribution in [0.15, 0.2) is 6.07 Å². The monoisotopic (exact) mass is 321 g/mol. The molecule has 1 aliphatic carbocycles. The zero-order chi connectivity index (χ0) is 16.4. The van der Waals surface area contributed by atoms with Crippen molar-refractivity contribution in [1.29, 1.82) is 0 Å². The van der Waals surface area contributed by atoms with Gasteiger partial charge in [0, 0.05) is 37.2 Å². The number of carbonyl (C=O) groups is 1. The van der Waals surface area contributed by atoms with E-state index < -0.39 is 0 Å². The summed E-state index contributed by atoms with van der Waals surface area (Å²) in [6, 6.07) is 1.86. The molecule has 6 heteroatoms.